The van der Waals surface area contributed by atoms with Crippen molar-refractivity contribution in [2.75, 3.05) is 11.1 Å². The van der Waals surface area contributed by atoms with Gasteiger partial charge >= 0.3 is 6.18 Å². The number of nitrogen functional groups attached to an aromatic ring is 1. The van der Waals surface area contributed by atoms with Gasteiger partial charge in [-0.1, -0.05) is 51.1 Å². The Morgan fingerprint density at radius 2 is 1.63 bits per heavy atom. The van der Waals surface area contributed by atoms with Gasteiger partial charge in [-0.3, -0.25) is 0 Å². The number of nitrogens with two attached hydrogens (primary N) is 1. The molecule has 0 aliphatic carbocycles. The van der Waals surface area contributed by atoms with Crippen molar-refractivity contribution in [3.63, 3.8) is 0 Å². The summed E-state index contributed by atoms with van der Waals surface area (Å²) in [5, 5.41) is 3.04. The van der Waals surface area contributed by atoms with Crippen LogP contribution in [0, 0.1) is 0 Å². The molecule has 0 saturated carbocycles. The van der Waals surface area contributed by atoms with Gasteiger partial charge in [0.15, 0.2) is 0 Å². The molecule has 2 aromatic carbocycles. The Labute approximate surface area is 173 Å². The molecule has 8 heteroatoms. The van der Waals surface area contributed by atoms with Gasteiger partial charge in [-0.15, -0.1) is 0 Å². The van der Waals surface area contributed by atoms with E-state index in [1.807, 2.05) is 24.3 Å². The van der Waals surface area contributed by atoms with Crippen LogP contribution in [0.3, 0.4) is 0 Å². The summed E-state index contributed by atoms with van der Waals surface area (Å²) < 4.78 is 44.9. The van der Waals surface area contributed by atoms with Crippen LogP contribution in [0.5, 0.6) is 5.88 Å². The minimum absolute atomic E-state index is 0.00876. The second-order valence-corrected chi connectivity index (χ2v) is 7.85. The Balaban J connectivity index is 1.75. The first-order valence-corrected chi connectivity index (χ1v) is 9.32. The summed E-state index contributed by atoms with van der Waals surface area (Å²) >= 11 is 0. The van der Waals surface area contributed by atoms with E-state index < -0.39 is 11.7 Å². The number of benzene rings is 2. The van der Waals surface area contributed by atoms with Gasteiger partial charge in [-0.25, -0.2) is 0 Å². The predicted octanol–water partition coefficient (Wildman–Crippen LogP) is 5.70. The smallest absolute Gasteiger partial charge is 0.416 e. The van der Waals surface area contributed by atoms with Crippen LogP contribution in [-0.2, 0) is 18.2 Å². The van der Waals surface area contributed by atoms with Gasteiger partial charge in [0, 0.05) is 17.3 Å². The Bertz CT molecular complexity index is 1010. The molecule has 5 nitrogen and oxygen atoms in total. The lowest BCUT2D eigenvalue weighted by Gasteiger charge is -2.19. The third-order valence-electron chi connectivity index (χ3n) is 4.43. The fraction of sp³-hybridized carbons (Fsp3) is 0.273. The number of alkyl halides is 3. The van der Waals surface area contributed by atoms with Crippen molar-refractivity contribution >= 4 is 17.5 Å². The van der Waals surface area contributed by atoms with E-state index in [0.29, 0.717) is 0 Å². The maximum absolute atomic E-state index is 13.1. The van der Waals surface area contributed by atoms with Crippen LogP contribution in [0.2, 0.25) is 0 Å². The summed E-state index contributed by atoms with van der Waals surface area (Å²) in [7, 11) is 0. The summed E-state index contributed by atoms with van der Waals surface area (Å²) in [6.07, 6.45) is -4.46. The van der Waals surface area contributed by atoms with E-state index in [4.69, 9.17) is 10.5 Å². The van der Waals surface area contributed by atoms with Gasteiger partial charge in [0.05, 0.1) is 5.56 Å². The molecule has 30 heavy (non-hydrogen) atoms. The molecule has 0 aliphatic heterocycles. The molecule has 1 heterocycles. The molecule has 3 aromatic rings. The van der Waals surface area contributed by atoms with Gasteiger partial charge in [0.1, 0.15) is 12.4 Å². The third-order valence-corrected chi connectivity index (χ3v) is 4.43. The van der Waals surface area contributed by atoms with Crippen molar-refractivity contribution in [1.29, 1.82) is 0 Å². The van der Waals surface area contributed by atoms with Crippen molar-refractivity contribution in [2.24, 2.45) is 0 Å². The normalized spacial score (nSPS) is 11.9. The Morgan fingerprint density at radius 3 is 2.27 bits per heavy atom. The first-order chi connectivity index (χ1) is 14.0. The highest BCUT2D eigenvalue weighted by atomic mass is 19.4. The summed E-state index contributed by atoms with van der Waals surface area (Å²) in [5.41, 5.74) is 7.03. The number of ether oxygens (including phenoxy) is 1. The first-order valence-electron chi connectivity index (χ1n) is 9.32. The van der Waals surface area contributed by atoms with E-state index in [9.17, 15) is 13.2 Å². The minimum Gasteiger partial charge on any atom is -0.473 e. The Kier molecular flexibility index (Phi) is 5.87. The zero-order chi connectivity index (χ0) is 21.9. The van der Waals surface area contributed by atoms with Crippen molar-refractivity contribution in [2.45, 2.75) is 39.0 Å². The molecule has 0 saturated heterocycles. The molecule has 3 N–H and O–H groups in total. The maximum Gasteiger partial charge on any atom is 0.416 e. The predicted molar refractivity (Wildman–Crippen MR) is 111 cm³/mol. The number of hydrogen-bond donors (Lipinski definition) is 2. The fourth-order valence-electron chi connectivity index (χ4n) is 2.83. The van der Waals surface area contributed by atoms with E-state index in [1.54, 1.807) is 0 Å². The van der Waals surface area contributed by atoms with Gasteiger partial charge < -0.3 is 15.8 Å². The molecular weight excluding hydrogens is 393 g/mol. The van der Waals surface area contributed by atoms with Gasteiger partial charge in [0.25, 0.3) is 0 Å². The standard InChI is InChI=1S/C22H23F3N4O/c1-21(2,3)15-8-10-16(11-9-15)27-20-28-18(26)12-19(29-20)30-13-14-6-4-5-7-17(14)22(23,24)25/h4-12H,13H2,1-3H3,(H3,26,27,28,29). The molecule has 3 rings (SSSR count). The Hall–Kier alpha value is -3.29. The highest BCUT2D eigenvalue weighted by Crippen LogP contribution is 2.32. The molecule has 0 spiro atoms. The molecule has 0 amide bonds. The van der Waals surface area contributed by atoms with Crippen LogP contribution in [0.15, 0.2) is 54.6 Å². The summed E-state index contributed by atoms with van der Waals surface area (Å²) in [6.45, 7) is 6.07. The molecule has 0 radical (unpaired) electrons. The second-order valence-electron chi connectivity index (χ2n) is 7.85. The van der Waals surface area contributed by atoms with Gasteiger partial charge in [-0.2, -0.15) is 23.1 Å². The zero-order valence-electron chi connectivity index (χ0n) is 16.9. The lowest BCUT2D eigenvalue weighted by atomic mass is 9.87. The van der Waals surface area contributed by atoms with Gasteiger partial charge in [-0.05, 0) is 29.2 Å². The van der Waals surface area contributed by atoms with Crippen molar-refractivity contribution in [1.82, 2.24) is 9.97 Å². The quantitative estimate of drug-likeness (QED) is 0.558. The summed E-state index contributed by atoms with van der Waals surface area (Å²) in [6, 6.07) is 14.4. The van der Waals surface area contributed by atoms with E-state index in [0.717, 1.165) is 11.8 Å². The van der Waals surface area contributed by atoms with E-state index >= 15 is 0 Å². The number of rotatable bonds is 5. The molecule has 0 fully saturated rings. The van der Waals surface area contributed by atoms with Crippen LogP contribution >= 0.6 is 0 Å². The number of aromatic nitrogens is 2. The van der Waals surface area contributed by atoms with Crippen LogP contribution in [0.4, 0.5) is 30.6 Å². The third kappa shape index (κ3) is 5.40. The van der Waals surface area contributed by atoms with Crippen molar-refractivity contribution < 1.29 is 17.9 Å². The van der Waals surface area contributed by atoms with E-state index in [2.05, 4.69) is 36.1 Å². The van der Waals surface area contributed by atoms with Crippen LogP contribution in [0.25, 0.3) is 0 Å². The molecule has 158 valence electrons. The number of nitrogens with zero attached hydrogens (tertiary/aromatic N) is 2. The molecule has 0 aliphatic rings. The lowest BCUT2D eigenvalue weighted by molar-refractivity contribution is -0.138. The van der Waals surface area contributed by atoms with Crippen LogP contribution in [-0.4, -0.2) is 9.97 Å². The van der Waals surface area contributed by atoms with Gasteiger partial charge in [0.2, 0.25) is 11.8 Å². The summed E-state index contributed by atoms with van der Waals surface area (Å²) in [5.74, 6) is 0.406. The number of nitrogens with one attached hydrogen (secondary N) is 1. The summed E-state index contributed by atoms with van der Waals surface area (Å²) in [4.78, 5) is 8.31. The molecular formula is C22H23F3N4O. The number of halogens is 3. The number of hydrogen-bond acceptors (Lipinski definition) is 5. The maximum atomic E-state index is 13.1. The largest absolute Gasteiger partial charge is 0.473 e. The second kappa shape index (κ2) is 8.22. The molecule has 0 atom stereocenters. The Morgan fingerprint density at radius 1 is 0.967 bits per heavy atom. The molecule has 0 bridgehead atoms. The number of anilines is 3. The lowest BCUT2D eigenvalue weighted by Crippen LogP contribution is -2.11. The average molecular weight is 416 g/mol. The average Bonchev–Trinajstić information content (AvgIpc) is 2.65. The highest BCUT2D eigenvalue weighted by molar-refractivity contribution is 5.56. The van der Waals surface area contributed by atoms with Crippen LogP contribution in [0.1, 0.15) is 37.5 Å². The first kappa shape index (κ1) is 21.4. The van der Waals surface area contributed by atoms with E-state index in [-0.39, 0.29) is 35.2 Å². The molecule has 0 unspecified atom stereocenters. The fourth-order valence-corrected chi connectivity index (χ4v) is 2.83. The zero-order valence-corrected chi connectivity index (χ0v) is 16.9. The molecule has 1 aromatic heterocycles. The minimum atomic E-state index is -4.46. The van der Waals surface area contributed by atoms with E-state index in [1.165, 1.54) is 29.8 Å². The van der Waals surface area contributed by atoms with Crippen LogP contribution < -0.4 is 15.8 Å². The topological polar surface area (TPSA) is 73.1 Å². The van der Waals surface area contributed by atoms with Crippen molar-refractivity contribution in [3.05, 3.63) is 71.3 Å². The highest BCUT2D eigenvalue weighted by Gasteiger charge is 2.33. The van der Waals surface area contributed by atoms with Crippen molar-refractivity contribution in [3.8, 4) is 5.88 Å². The SMILES string of the molecule is CC(C)(C)c1ccc(Nc2nc(N)cc(OCc3ccccc3C(F)(F)F)n2)cc1. The monoisotopic (exact) mass is 416 g/mol.